The summed E-state index contributed by atoms with van der Waals surface area (Å²) >= 11 is 0. The smallest absolute Gasteiger partial charge is 0.238 e. The van der Waals surface area contributed by atoms with Gasteiger partial charge < -0.3 is 5.32 Å². The van der Waals surface area contributed by atoms with E-state index in [0.717, 1.165) is 11.3 Å². The lowest BCUT2D eigenvalue weighted by molar-refractivity contribution is 0.443. The first-order valence-electron chi connectivity index (χ1n) is 9.82. The number of anilines is 2. The van der Waals surface area contributed by atoms with Crippen LogP contribution in [0.2, 0.25) is 0 Å². The van der Waals surface area contributed by atoms with Crippen LogP contribution in [-0.2, 0) is 10.0 Å². The molecule has 3 aromatic rings. The Bertz CT molecular complexity index is 1070. The molecule has 0 saturated heterocycles. The fourth-order valence-electron chi connectivity index (χ4n) is 3.80. The molecular weight excluding hydrogens is 384 g/mol. The van der Waals surface area contributed by atoms with Crippen LogP contribution in [0.4, 0.5) is 11.6 Å². The molecule has 0 amide bonds. The number of primary sulfonamides is 1. The van der Waals surface area contributed by atoms with Crippen molar-refractivity contribution in [2.24, 2.45) is 5.14 Å². The van der Waals surface area contributed by atoms with Crippen LogP contribution >= 0.6 is 0 Å². The molecule has 150 valence electrons. The van der Waals surface area contributed by atoms with E-state index in [-0.39, 0.29) is 4.90 Å². The molecule has 1 heterocycles. The lowest BCUT2D eigenvalue weighted by Gasteiger charge is -2.22. The average Bonchev–Trinajstić information content (AvgIpc) is 2.74. The summed E-state index contributed by atoms with van der Waals surface area (Å²) in [5.74, 6) is 1.13. The van der Waals surface area contributed by atoms with Crippen molar-refractivity contribution in [3.63, 3.8) is 0 Å². The number of rotatable bonds is 5. The summed E-state index contributed by atoms with van der Waals surface area (Å²) in [5.41, 5.74) is 3.97. The van der Waals surface area contributed by atoms with Gasteiger partial charge in [0.2, 0.25) is 16.0 Å². The Kier molecular flexibility index (Phi) is 5.60. The van der Waals surface area contributed by atoms with E-state index in [4.69, 9.17) is 5.14 Å². The highest BCUT2D eigenvalue weighted by atomic mass is 32.2. The second kappa shape index (κ2) is 8.31. The number of aromatic nitrogens is 2. The number of nitrogens with two attached hydrogens (primary N) is 1. The third-order valence-corrected chi connectivity index (χ3v) is 6.31. The van der Waals surface area contributed by atoms with Crippen molar-refractivity contribution >= 4 is 21.7 Å². The van der Waals surface area contributed by atoms with Crippen molar-refractivity contribution in [1.82, 2.24) is 9.97 Å². The third-order valence-electron chi connectivity index (χ3n) is 5.38. The Morgan fingerprint density at radius 3 is 2.24 bits per heavy atom. The number of hydrogen-bond acceptors (Lipinski definition) is 5. The van der Waals surface area contributed by atoms with Gasteiger partial charge in [-0.25, -0.2) is 23.5 Å². The van der Waals surface area contributed by atoms with Crippen LogP contribution in [0.3, 0.4) is 0 Å². The highest BCUT2D eigenvalue weighted by molar-refractivity contribution is 7.89. The molecule has 7 heteroatoms. The van der Waals surface area contributed by atoms with E-state index in [1.807, 2.05) is 6.07 Å². The molecule has 0 spiro atoms. The third kappa shape index (κ3) is 4.81. The standard InChI is InChI=1S/C22H24N4O2S/c23-29(27,28)20-12-10-19(11-13-20)25-22-24-15-14-21(26-22)18-8-6-17(7-9-18)16-4-2-1-3-5-16/h6-16H,1-5H2,(H2,23,27,28)(H,24,25,26). The van der Waals surface area contributed by atoms with Gasteiger partial charge in [-0.05, 0) is 54.7 Å². The zero-order chi connectivity index (χ0) is 20.3. The summed E-state index contributed by atoms with van der Waals surface area (Å²) in [6, 6.07) is 16.7. The highest BCUT2D eigenvalue weighted by Crippen LogP contribution is 2.33. The fourth-order valence-corrected chi connectivity index (χ4v) is 4.31. The zero-order valence-corrected chi connectivity index (χ0v) is 16.9. The van der Waals surface area contributed by atoms with Crippen LogP contribution in [-0.4, -0.2) is 18.4 Å². The molecule has 6 nitrogen and oxygen atoms in total. The molecule has 0 radical (unpaired) electrons. The minimum Gasteiger partial charge on any atom is -0.324 e. The van der Waals surface area contributed by atoms with Gasteiger partial charge >= 0.3 is 0 Å². The van der Waals surface area contributed by atoms with E-state index >= 15 is 0 Å². The second-order valence-electron chi connectivity index (χ2n) is 7.42. The van der Waals surface area contributed by atoms with E-state index in [1.165, 1.54) is 49.8 Å². The molecule has 3 N–H and O–H groups in total. The lowest BCUT2D eigenvalue weighted by Crippen LogP contribution is -2.11. The van der Waals surface area contributed by atoms with Crippen LogP contribution in [0, 0.1) is 0 Å². The Hall–Kier alpha value is -2.77. The first kappa shape index (κ1) is 19.5. The molecule has 29 heavy (non-hydrogen) atoms. The monoisotopic (exact) mass is 408 g/mol. The highest BCUT2D eigenvalue weighted by Gasteiger charge is 2.15. The molecule has 1 fully saturated rings. The Morgan fingerprint density at radius 1 is 0.897 bits per heavy atom. The van der Waals surface area contributed by atoms with Crippen molar-refractivity contribution < 1.29 is 8.42 Å². The zero-order valence-electron chi connectivity index (χ0n) is 16.1. The quantitative estimate of drug-likeness (QED) is 0.644. The fraction of sp³-hybridized carbons (Fsp3) is 0.273. The van der Waals surface area contributed by atoms with Gasteiger partial charge in [0.05, 0.1) is 10.6 Å². The van der Waals surface area contributed by atoms with E-state index in [0.29, 0.717) is 17.6 Å². The molecule has 4 rings (SSSR count). The van der Waals surface area contributed by atoms with Crippen molar-refractivity contribution in [1.29, 1.82) is 0 Å². The first-order valence-corrected chi connectivity index (χ1v) is 11.4. The normalized spacial score (nSPS) is 15.2. The number of hydrogen-bond donors (Lipinski definition) is 2. The van der Waals surface area contributed by atoms with Gasteiger partial charge in [0.1, 0.15) is 0 Å². The maximum atomic E-state index is 11.4. The van der Waals surface area contributed by atoms with Crippen molar-refractivity contribution in [3.8, 4) is 11.3 Å². The number of nitrogens with zero attached hydrogens (tertiary/aromatic N) is 2. The van der Waals surface area contributed by atoms with Gasteiger partial charge in [-0.1, -0.05) is 43.5 Å². The van der Waals surface area contributed by atoms with Gasteiger partial charge in [-0.2, -0.15) is 0 Å². The molecular formula is C22H24N4O2S. The molecule has 1 saturated carbocycles. The molecule has 0 atom stereocenters. The van der Waals surface area contributed by atoms with Crippen LogP contribution in [0.15, 0.2) is 65.7 Å². The van der Waals surface area contributed by atoms with Crippen molar-refractivity contribution in [3.05, 3.63) is 66.4 Å². The molecule has 0 unspecified atom stereocenters. The van der Waals surface area contributed by atoms with Gasteiger partial charge in [0, 0.05) is 17.4 Å². The molecule has 1 aromatic heterocycles. The van der Waals surface area contributed by atoms with Crippen molar-refractivity contribution in [2.45, 2.75) is 42.9 Å². The van der Waals surface area contributed by atoms with Crippen LogP contribution in [0.25, 0.3) is 11.3 Å². The predicted molar refractivity (Wildman–Crippen MR) is 114 cm³/mol. The van der Waals surface area contributed by atoms with E-state index in [1.54, 1.807) is 18.3 Å². The van der Waals surface area contributed by atoms with Gasteiger partial charge in [0.25, 0.3) is 0 Å². The van der Waals surface area contributed by atoms with E-state index < -0.39 is 10.0 Å². The maximum absolute atomic E-state index is 11.4. The van der Waals surface area contributed by atoms with E-state index in [2.05, 4.69) is 39.6 Å². The van der Waals surface area contributed by atoms with Gasteiger partial charge in [-0.3, -0.25) is 0 Å². The summed E-state index contributed by atoms with van der Waals surface area (Å²) in [5, 5.41) is 8.23. The summed E-state index contributed by atoms with van der Waals surface area (Å²) in [4.78, 5) is 8.91. The largest absolute Gasteiger partial charge is 0.324 e. The van der Waals surface area contributed by atoms with Gasteiger partial charge in [-0.15, -0.1) is 0 Å². The van der Waals surface area contributed by atoms with Crippen LogP contribution in [0.5, 0.6) is 0 Å². The number of sulfonamides is 1. The minimum atomic E-state index is -3.71. The molecule has 0 bridgehead atoms. The SMILES string of the molecule is NS(=O)(=O)c1ccc(Nc2nccc(-c3ccc(C4CCCCC4)cc3)n2)cc1. The molecule has 1 aliphatic carbocycles. The first-order chi connectivity index (χ1) is 14.0. The number of nitrogens with one attached hydrogen (secondary N) is 1. The van der Waals surface area contributed by atoms with Gasteiger partial charge in [0.15, 0.2) is 0 Å². The average molecular weight is 409 g/mol. The number of benzene rings is 2. The molecule has 2 aromatic carbocycles. The second-order valence-corrected chi connectivity index (χ2v) is 8.98. The minimum absolute atomic E-state index is 0.0655. The molecule has 1 aliphatic rings. The Labute approximate surface area is 171 Å². The maximum Gasteiger partial charge on any atom is 0.238 e. The summed E-state index contributed by atoms with van der Waals surface area (Å²) in [6.07, 6.45) is 8.28. The van der Waals surface area contributed by atoms with E-state index in [9.17, 15) is 8.42 Å². The summed E-state index contributed by atoms with van der Waals surface area (Å²) in [7, 11) is -3.71. The topological polar surface area (TPSA) is 98.0 Å². The summed E-state index contributed by atoms with van der Waals surface area (Å²) in [6.45, 7) is 0. The molecule has 0 aliphatic heterocycles. The summed E-state index contributed by atoms with van der Waals surface area (Å²) < 4.78 is 22.7. The Balaban J connectivity index is 1.49. The van der Waals surface area contributed by atoms with Crippen LogP contribution in [0.1, 0.15) is 43.6 Å². The van der Waals surface area contributed by atoms with Crippen LogP contribution < -0.4 is 10.5 Å². The Morgan fingerprint density at radius 2 is 1.59 bits per heavy atom. The predicted octanol–water partition coefficient (Wildman–Crippen LogP) is 4.58. The van der Waals surface area contributed by atoms with Crippen molar-refractivity contribution in [2.75, 3.05) is 5.32 Å². The lowest BCUT2D eigenvalue weighted by atomic mass is 9.84.